The number of nitrogens with zero attached hydrogens (tertiary/aromatic N) is 1. The predicted octanol–water partition coefficient (Wildman–Crippen LogP) is 1.75. The molecule has 1 N–H and O–H groups in total. The minimum absolute atomic E-state index is 0.270. The van der Waals surface area contributed by atoms with Crippen molar-refractivity contribution in [3.63, 3.8) is 0 Å². The summed E-state index contributed by atoms with van der Waals surface area (Å²) in [6.07, 6.45) is 6.60. The molecule has 0 aromatic heterocycles. The van der Waals surface area contributed by atoms with Crippen LogP contribution < -0.4 is 4.84 Å². The summed E-state index contributed by atoms with van der Waals surface area (Å²) >= 11 is 5.76. The lowest BCUT2D eigenvalue weighted by atomic mass is 9.77. The van der Waals surface area contributed by atoms with Crippen molar-refractivity contribution in [1.82, 2.24) is 9.74 Å². The van der Waals surface area contributed by atoms with Crippen LogP contribution in [0.2, 0.25) is 0 Å². The summed E-state index contributed by atoms with van der Waals surface area (Å²) in [5.41, 5.74) is 0.270. The number of hydrogen-bond acceptors (Lipinski definition) is 2. The quantitative estimate of drug-likeness (QED) is 0.679. The Kier molecular flexibility index (Phi) is 2.58. The van der Waals surface area contributed by atoms with Gasteiger partial charge in [0.2, 0.25) is 0 Å². The van der Waals surface area contributed by atoms with Gasteiger partial charge in [0.25, 0.3) is 0 Å². The fraction of sp³-hybridized carbons (Fsp3) is 1.00. The van der Waals surface area contributed by atoms with Crippen LogP contribution in [-0.2, 0) is 0 Å². The van der Waals surface area contributed by atoms with Crippen molar-refractivity contribution >= 4 is 11.8 Å². The Balaban J connectivity index is 1.83. The first-order valence-electron chi connectivity index (χ1n) is 4.95. The van der Waals surface area contributed by atoms with E-state index in [0.29, 0.717) is 0 Å². The molecule has 1 heterocycles. The molecule has 2 nitrogen and oxygen atoms in total. The zero-order chi connectivity index (χ0) is 8.44. The first-order chi connectivity index (χ1) is 5.85. The second kappa shape index (κ2) is 3.52. The molecule has 12 heavy (non-hydrogen) atoms. The van der Waals surface area contributed by atoms with Gasteiger partial charge in [-0.25, -0.2) is 4.84 Å². The molecule has 0 spiro atoms. The van der Waals surface area contributed by atoms with Crippen LogP contribution in [0.25, 0.3) is 0 Å². The lowest BCUT2D eigenvalue weighted by Crippen LogP contribution is -2.54. The van der Waals surface area contributed by atoms with Crippen LogP contribution in [0.5, 0.6) is 0 Å². The molecule has 0 radical (unpaired) electrons. The highest BCUT2D eigenvalue weighted by molar-refractivity contribution is 6.14. The summed E-state index contributed by atoms with van der Waals surface area (Å²) < 4.78 is 0. The van der Waals surface area contributed by atoms with E-state index in [1.165, 1.54) is 45.2 Å². The highest BCUT2D eigenvalue weighted by Gasteiger charge is 2.38. The Morgan fingerprint density at radius 2 is 1.83 bits per heavy atom. The molecular weight excluding hydrogens is 172 g/mol. The number of rotatable bonds is 3. The Labute approximate surface area is 79.4 Å². The van der Waals surface area contributed by atoms with E-state index in [2.05, 4.69) is 9.74 Å². The van der Waals surface area contributed by atoms with E-state index in [1.54, 1.807) is 0 Å². The number of halogens is 1. The van der Waals surface area contributed by atoms with Gasteiger partial charge in [0.05, 0.1) is 0 Å². The Morgan fingerprint density at radius 3 is 2.25 bits per heavy atom. The highest BCUT2D eigenvalue weighted by Crippen LogP contribution is 2.33. The van der Waals surface area contributed by atoms with Gasteiger partial charge in [-0.15, -0.1) is 0 Å². The maximum atomic E-state index is 5.76. The van der Waals surface area contributed by atoms with Gasteiger partial charge in [-0.2, -0.15) is 0 Å². The molecule has 1 aliphatic carbocycles. The zero-order valence-electron chi connectivity index (χ0n) is 7.48. The van der Waals surface area contributed by atoms with E-state index in [9.17, 15) is 0 Å². The minimum atomic E-state index is 0.270. The van der Waals surface area contributed by atoms with Crippen molar-refractivity contribution in [2.75, 3.05) is 19.6 Å². The summed E-state index contributed by atoms with van der Waals surface area (Å²) in [7, 11) is 0. The van der Waals surface area contributed by atoms with E-state index in [0.717, 1.165) is 6.54 Å². The third kappa shape index (κ3) is 1.61. The molecule has 1 saturated heterocycles. The summed E-state index contributed by atoms with van der Waals surface area (Å²) in [6.45, 7) is 3.72. The van der Waals surface area contributed by atoms with Gasteiger partial charge in [-0.3, -0.25) is 0 Å². The van der Waals surface area contributed by atoms with Crippen LogP contribution >= 0.6 is 11.8 Å². The number of likely N-dealkylation sites (tertiary alicyclic amines) is 1. The molecule has 0 atom stereocenters. The Morgan fingerprint density at radius 1 is 1.17 bits per heavy atom. The van der Waals surface area contributed by atoms with Crippen molar-refractivity contribution in [2.24, 2.45) is 0 Å². The molecule has 0 amide bonds. The van der Waals surface area contributed by atoms with Crippen molar-refractivity contribution in [3.05, 3.63) is 0 Å². The largest absolute Gasteiger partial charge is 0.301 e. The zero-order valence-corrected chi connectivity index (χ0v) is 8.24. The van der Waals surface area contributed by atoms with Crippen molar-refractivity contribution in [2.45, 2.75) is 37.6 Å². The van der Waals surface area contributed by atoms with Crippen molar-refractivity contribution in [3.8, 4) is 0 Å². The van der Waals surface area contributed by atoms with E-state index in [4.69, 9.17) is 11.8 Å². The number of hydrogen-bond donors (Lipinski definition) is 1. The molecule has 2 rings (SSSR count). The van der Waals surface area contributed by atoms with Gasteiger partial charge in [-0.05, 0) is 57.0 Å². The van der Waals surface area contributed by atoms with E-state index < -0.39 is 0 Å². The lowest BCUT2D eigenvalue weighted by Gasteiger charge is -2.43. The molecule has 1 aliphatic heterocycles. The smallest absolute Gasteiger partial charge is 0.0458 e. The van der Waals surface area contributed by atoms with Gasteiger partial charge in [0.15, 0.2) is 0 Å². The molecule has 3 heteroatoms. The maximum Gasteiger partial charge on any atom is 0.0458 e. The van der Waals surface area contributed by atoms with Crippen LogP contribution in [0.4, 0.5) is 0 Å². The summed E-state index contributed by atoms with van der Waals surface area (Å²) in [6, 6.07) is 0. The topological polar surface area (TPSA) is 15.3 Å². The van der Waals surface area contributed by atoms with Gasteiger partial charge in [0, 0.05) is 12.1 Å². The van der Waals surface area contributed by atoms with Crippen LogP contribution in [0, 0.1) is 0 Å². The van der Waals surface area contributed by atoms with Crippen LogP contribution in [0.1, 0.15) is 32.1 Å². The molecule has 0 unspecified atom stereocenters. The normalized spacial score (nSPS) is 28.8. The van der Waals surface area contributed by atoms with Crippen LogP contribution in [0.15, 0.2) is 0 Å². The second-order valence-corrected chi connectivity index (χ2v) is 4.40. The summed E-state index contributed by atoms with van der Waals surface area (Å²) in [4.78, 5) is 5.51. The van der Waals surface area contributed by atoms with Crippen LogP contribution in [0.3, 0.4) is 0 Å². The molecular formula is C9H17ClN2. The van der Waals surface area contributed by atoms with Gasteiger partial charge < -0.3 is 4.90 Å². The lowest BCUT2D eigenvalue weighted by molar-refractivity contribution is 0.148. The van der Waals surface area contributed by atoms with Gasteiger partial charge in [0.1, 0.15) is 0 Å². The van der Waals surface area contributed by atoms with E-state index >= 15 is 0 Å². The monoisotopic (exact) mass is 188 g/mol. The Hall–Kier alpha value is 0.210. The highest BCUT2D eigenvalue weighted by atomic mass is 35.5. The average Bonchev–Trinajstić information content (AvgIpc) is 2.49. The Bertz CT molecular complexity index is 145. The van der Waals surface area contributed by atoms with Gasteiger partial charge >= 0.3 is 0 Å². The summed E-state index contributed by atoms with van der Waals surface area (Å²) in [5, 5.41) is 0. The molecule has 70 valence electrons. The van der Waals surface area contributed by atoms with Crippen molar-refractivity contribution < 1.29 is 0 Å². The number of nitrogens with one attached hydrogen (secondary N) is 1. The standard InChI is InChI=1S/C9H17ClN2/c10-11-9(4-3-5-9)8-12-6-1-2-7-12/h11H,1-8H2. The van der Waals surface area contributed by atoms with E-state index in [-0.39, 0.29) is 5.54 Å². The third-order valence-electron chi connectivity index (χ3n) is 3.24. The molecule has 2 fully saturated rings. The molecule has 0 aromatic carbocycles. The first-order valence-corrected chi connectivity index (χ1v) is 5.33. The third-order valence-corrected chi connectivity index (χ3v) is 3.64. The maximum absolute atomic E-state index is 5.76. The minimum Gasteiger partial charge on any atom is -0.301 e. The predicted molar refractivity (Wildman–Crippen MR) is 51.2 cm³/mol. The first kappa shape index (κ1) is 8.79. The van der Waals surface area contributed by atoms with Crippen molar-refractivity contribution in [1.29, 1.82) is 0 Å². The van der Waals surface area contributed by atoms with E-state index in [1.807, 2.05) is 0 Å². The second-order valence-electron chi connectivity index (χ2n) is 4.21. The molecule has 1 saturated carbocycles. The SMILES string of the molecule is ClNC1(CN2CCCC2)CCC1. The molecule has 0 bridgehead atoms. The van der Waals surface area contributed by atoms with Gasteiger partial charge in [-0.1, -0.05) is 0 Å². The fourth-order valence-corrected chi connectivity index (χ4v) is 2.50. The molecule has 2 aliphatic rings. The summed E-state index contributed by atoms with van der Waals surface area (Å²) in [5.74, 6) is 0. The fourth-order valence-electron chi connectivity index (χ4n) is 2.25. The average molecular weight is 189 g/mol. The van der Waals surface area contributed by atoms with Crippen LogP contribution in [-0.4, -0.2) is 30.1 Å². The molecule has 0 aromatic rings.